The summed E-state index contributed by atoms with van der Waals surface area (Å²) in [6.07, 6.45) is 3.35. The molecule has 1 heterocycles. The molecule has 6 heteroatoms. The highest BCUT2D eigenvalue weighted by atomic mass is 79.9. The quantitative estimate of drug-likeness (QED) is 0.873. The maximum atomic E-state index is 14.2. The second-order valence-electron chi connectivity index (χ2n) is 4.14. The molecule has 1 atom stereocenters. The number of hydrogen-bond acceptors (Lipinski definition) is 2. The summed E-state index contributed by atoms with van der Waals surface area (Å²) in [5, 5.41) is 3.07. The Bertz CT molecular complexity index is 583. The largest absolute Gasteiger partial charge is 0.336 e. The normalized spacial score (nSPS) is 12.7. The Morgan fingerprint density at radius 1 is 1.42 bits per heavy atom. The number of hydrogen-bond donors (Lipinski definition) is 1. The van der Waals surface area contributed by atoms with E-state index in [9.17, 15) is 8.78 Å². The lowest BCUT2D eigenvalue weighted by atomic mass is 10.0. The molecule has 102 valence electrons. The van der Waals surface area contributed by atoms with Crippen molar-refractivity contribution in [3.05, 3.63) is 52.0 Å². The van der Waals surface area contributed by atoms with Gasteiger partial charge in [0.25, 0.3) is 0 Å². The van der Waals surface area contributed by atoms with E-state index in [0.29, 0.717) is 12.4 Å². The Morgan fingerprint density at radius 2 is 2.16 bits per heavy atom. The predicted molar refractivity (Wildman–Crippen MR) is 72.8 cm³/mol. The van der Waals surface area contributed by atoms with Crippen molar-refractivity contribution in [3.63, 3.8) is 0 Å². The lowest BCUT2D eigenvalue weighted by Crippen LogP contribution is -2.26. The molecule has 1 unspecified atom stereocenters. The van der Waals surface area contributed by atoms with Gasteiger partial charge in [0.15, 0.2) is 0 Å². The number of rotatable bonds is 4. The molecule has 3 nitrogen and oxygen atoms in total. The molecular weight excluding hydrogens is 316 g/mol. The van der Waals surface area contributed by atoms with Crippen LogP contribution in [0.3, 0.4) is 0 Å². The summed E-state index contributed by atoms with van der Waals surface area (Å²) >= 11 is 3.08. The smallest absolute Gasteiger partial charge is 0.145 e. The van der Waals surface area contributed by atoms with E-state index < -0.39 is 17.7 Å². The summed E-state index contributed by atoms with van der Waals surface area (Å²) < 4.78 is 30.2. The number of aryl methyl sites for hydroxylation is 1. The Balaban J connectivity index is 2.57. The minimum absolute atomic E-state index is 0.0227. The maximum absolute atomic E-state index is 14.2. The zero-order valence-corrected chi connectivity index (χ0v) is 12.2. The van der Waals surface area contributed by atoms with Crippen LogP contribution in [0.2, 0.25) is 0 Å². The molecule has 0 aliphatic heterocycles. The van der Waals surface area contributed by atoms with Gasteiger partial charge in [-0.25, -0.2) is 13.8 Å². The maximum Gasteiger partial charge on any atom is 0.145 e. The fourth-order valence-corrected chi connectivity index (χ4v) is 2.34. The van der Waals surface area contributed by atoms with E-state index in [1.807, 2.05) is 6.92 Å². The summed E-state index contributed by atoms with van der Waals surface area (Å²) in [5.74, 6) is -0.624. The number of halogens is 3. The Morgan fingerprint density at radius 3 is 2.74 bits per heavy atom. The van der Waals surface area contributed by atoms with Crippen LogP contribution in [0.1, 0.15) is 24.4 Å². The molecule has 2 aromatic rings. The van der Waals surface area contributed by atoms with Gasteiger partial charge in [0, 0.05) is 25.0 Å². The molecule has 2 rings (SSSR count). The van der Waals surface area contributed by atoms with E-state index >= 15 is 0 Å². The molecule has 0 radical (unpaired) electrons. The summed E-state index contributed by atoms with van der Waals surface area (Å²) in [4.78, 5) is 4.17. The average molecular weight is 330 g/mol. The monoisotopic (exact) mass is 329 g/mol. The molecule has 1 N–H and O–H groups in total. The zero-order valence-electron chi connectivity index (χ0n) is 10.6. The van der Waals surface area contributed by atoms with Gasteiger partial charge >= 0.3 is 0 Å². The van der Waals surface area contributed by atoms with E-state index in [1.54, 1.807) is 24.0 Å². The number of aromatic nitrogens is 2. The molecule has 1 aromatic heterocycles. The van der Waals surface area contributed by atoms with E-state index in [4.69, 9.17) is 0 Å². The summed E-state index contributed by atoms with van der Waals surface area (Å²) in [5.41, 5.74) is -0.0227. The van der Waals surface area contributed by atoms with Gasteiger partial charge in [-0.2, -0.15) is 0 Å². The summed E-state index contributed by atoms with van der Waals surface area (Å²) in [7, 11) is 1.79. The molecule has 0 bridgehead atoms. The molecule has 0 aliphatic carbocycles. The third-order valence-electron chi connectivity index (χ3n) is 2.89. The Kier molecular flexibility index (Phi) is 4.31. The third-order valence-corrected chi connectivity index (χ3v) is 3.51. The second-order valence-corrected chi connectivity index (χ2v) is 5.00. The van der Waals surface area contributed by atoms with Gasteiger partial charge < -0.3 is 9.88 Å². The Hall–Kier alpha value is -1.27. The molecule has 0 aliphatic rings. The van der Waals surface area contributed by atoms with Crippen LogP contribution in [-0.2, 0) is 7.05 Å². The third kappa shape index (κ3) is 2.69. The van der Waals surface area contributed by atoms with Crippen molar-refractivity contribution in [1.82, 2.24) is 14.9 Å². The van der Waals surface area contributed by atoms with Gasteiger partial charge in [0.2, 0.25) is 0 Å². The van der Waals surface area contributed by atoms with Crippen molar-refractivity contribution in [2.24, 2.45) is 7.05 Å². The van der Waals surface area contributed by atoms with Gasteiger partial charge in [-0.15, -0.1) is 0 Å². The van der Waals surface area contributed by atoms with Crippen molar-refractivity contribution in [2.75, 3.05) is 6.54 Å². The molecule has 0 spiro atoms. The summed E-state index contributed by atoms with van der Waals surface area (Å²) in [6, 6.07) is 1.98. The van der Waals surface area contributed by atoms with Crippen LogP contribution in [0.25, 0.3) is 0 Å². The topological polar surface area (TPSA) is 29.9 Å². The minimum atomic E-state index is -0.623. The molecule has 0 amide bonds. The highest BCUT2D eigenvalue weighted by molar-refractivity contribution is 9.10. The zero-order chi connectivity index (χ0) is 14.0. The standard InChI is InChI=1S/C13H14BrF2N3/c1-3-17-12(13-18-6-7-19(13)2)10-9(15)5-4-8(14)11(10)16/h4-7,12,17H,3H2,1-2H3. The molecule has 19 heavy (non-hydrogen) atoms. The first kappa shape index (κ1) is 14.1. The molecular formula is C13H14BrF2N3. The van der Waals surface area contributed by atoms with Gasteiger partial charge in [-0.05, 0) is 34.6 Å². The number of benzene rings is 1. The summed E-state index contributed by atoms with van der Waals surface area (Å²) in [6.45, 7) is 2.45. The Labute approximate surface area is 118 Å². The van der Waals surface area contributed by atoms with E-state index in [-0.39, 0.29) is 10.0 Å². The fraction of sp³-hybridized carbons (Fsp3) is 0.308. The fourth-order valence-electron chi connectivity index (χ4n) is 1.99. The van der Waals surface area contributed by atoms with Crippen LogP contribution in [0.4, 0.5) is 8.78 Å². The van der Waals surface area contributed by atoms with Gasteiger partial charge in [0.05, 0.1) is 10.5 Å². The van der Waals surface area contributed by atoms with E-state index in [1.165, 1.54) is 12.1 Å². The van der Waals surface area contributed by atoms with Crippen molar-refractivity contribution in [2.45, 2.75) is 13.0 Å². The first-order valence-electron chi connectivity index (χ1n) is 5.90. The number of nitrogens with one attached hydrogen (secondary N) is 1. The first-order chi connectivity index (χ1) is 9.06. The SMILES string of the molecule is CCNC(c1c(F)ccc(Br)c1F)c1nccn1C. The van der Waals surface area contributed by atoms with Crippen LogP contribution in [0, 0.1) is 11.6 Å². The van der Waals surface area contributed by atoms with Crippen LogP contribution in [0.5, 0.6) is 0 Å². The van der Waals surface area contributed by atoms with Crippen molar-refractivity contribution >= 4 is 15.9 Å². The van der Waals surface area contributed by atoms with Gasteiger partial charge in [-0.1, -0.05) is 6.92 Å². The molecule has 1 aromatic carbocycles. The lowest BCUT2D eigenvalue weighted by molar-refractivity contribution is 0.489. The highest BCUT2D eigenvalue weighted by Crippen LogP contribution is 2.29. The average Bonchev–Trinajstić information content (AvgIpc) is 2.79. The van der Waals surface area contributed by atoms with Gasteiger partial charge in [-0.3, -0.25) is 0 Å². The number of imidazole rings is 1. The van der Waals surface area contributed by atoms with Crippen LogP contribution >= 0.6 is 15.9 Å². The van der Waals surface area contributed by atoms with Crippen LogP contribution in [-0.4, -0.2) is 16.1 Å². The highest BCUT2D eigenvalue weighted by Gasteiger charge is 2.25. The molecule has 0 fully saturated rings. The lowest BCUT2D eigenvalue weighted by Gasteiger charge is -2.19. The van der Waals surface area contributed by atoms with Crippen molar-refractivity contribution in [1.29, 1.82) is 0 Å². The van der Waals surface area contributed by atoms with Gasteiger partial charge in [0.1, 0.15) is 17.5 Å². The van der Waals surface area contributed by atoms with E-state index in [2.05, 4.69) is 26.2 Å². The van der Waals surface area contributed by atoms with Crippen molar-refractivity contribution in [3.8, 4) is 0 Å². The number of nitrogens with zero attached hydrogens (tertiary/aromatic N) is 2. The first-order valence-corrected chi connectivity index (χ1v) is 6.69. The predicted octanol–water partition coefficient (Wildman–Crippen LogP) is 3.16. The van der Waals surface area contributed by atoms with E-state index in [0.717, 1.165) is 0 Å². The van der Waals surface area contributed by atoms with Crippen molar-refractivity contribution < 1.29 is 8.78 Å². The van der Waals surface area contributed by atoms with Crippen LogP contribution < -0.4 is 5.32 Å². The molecule has 0 saturated carbocycles. The minimum Gasteiger partial charge on any atom is -0.336 e. The second kappa shape index (κ2) is 5.79. The van der Waals surface area contributed by atoms with Crippen LogP contribution in [0.15, 0.2) is 29.0 Å². The molecule has 0 saturated heterocycles.